The van der Waals surface area contributed by atoms with Gasteiger partial charge in [-0.05, 0) is 24.3 Å². The van der Waals surface area contributed by atoms with Crippen molar-refractivity contribution in [1.29, 1.82) is 0 Å². The highest BCUT2D eigenvalue weighted by Gasteiger charge is 2.33. The van der Waals surface area contributed by atoms with Crippen molar-refractivity contribution in [3.8, 4) is 0 Å². The van der Waals surface area contributed by atoms with Crippen LogP contribution in [0.2, 0.25) is 0 Å². The fourth-order valence-electron chi connectivity index (χ4n) is 1.68. The monoisotopic (exact) mass is 379 g/mol. The summed E-state index contributed by atoms with van der Waals surface area (Å²) >= 11 is 3.18. The number of benzene rings is 1. The molecule has 1 aromatic carbocycles. The summed E-state index contributed by atoms with van der Waals surface area (Å²) in [5.41, 5.74) is -0.808. The van der Waals surface area contributed by atoms with Crippen LogP contribution < -0.4 is 5.32 Å². The minimum atomic E-state index is -4.55. The molecule has 0 saturated carbocycles. The van der Waals surface area contributed by atoms with E-state index in [0.29, 0.717) is 4.47 Å². The maximum Gasteiger partial charge on any atom is 0.435 e. The van der Waals surface area contributed by atoms with Gasteiger partial charge in [0.1, 0.15) is 12.4 Å². The van der Waals surface area contributed by atoms with E-state index in [1.165, 1.54) is 18.2 Å². The highest BCUT2D eigenvalue weighted by Crippen LogP contribution is 2.27. The zero-order valence-corrected chi connectivity index (χ0v) is 12.6. The first-order chi connectivity index (χ1) is 10.3. The fourth-order valence-corrected chi connectivity index (χ4v) is 2.09. The second kappa shape index (κ2) is 6.47. The highest BCUT2D eigenvalue weighted by molar-refractivity contribution is 9.10. The van der Waals surface area contributed by atoms with Gasteiger partial charge in [0, 0.05) is 22.8 Å². The smallest absolute Gasteiger partial charge is 0.350 e. The topological polar surface area (TPSA) is 46.9 Å². The van der Waals surface area contributed by atoms with E-state index in [9.17, 15) is 22.4 Å². The molecular formula is C13H10BrF4N3O. The van der Waals surface area contributed by atoms with Gasteiger partial charge in [-0.2, -0.15) is 18.3 Å². The average molecular weight is 380 g/mol. The molecule has 118 valence electrons. The van der Waals surface area contributed by atoms with Crippen molar-refractivity contribution in [3.05, 3.63) is 52.0 Å². The predicted molar refractivity (Wildman–Crippen MR) is 73.2 cm³/mol. The molecule has 0 fully saturated rings. The summed E-state index contributed by atoms with van der Waals surface area (Å²) in [7, 11) is 0. The third kappa shape index (κ3) is 4.30. The van der Waals surface area contributed by atoms with Gasteiger partial charge in [0.05, 0.1) is 0 Å². The summed E-state index contributed by atoms with van der Waals surface area (Å²) in [6, 6.07) is 5.05. The minimum Gasteiger partial charge on any atom is -0.350 e. The molecule has 22 heavy (non-hydrogen) atoms. The van der Waals surface area contributed by atoms with Crippen molar-refractivity contribution in [2.24, 2.45) is 0 Å². The Balaban J connectivity index is 1.93. The molecular weight excluding hydrogens is 370 g/mol. The number of hydrogen-bond donors (Lipinski definition) is 1. The molecule has 1 N–H and O–H groups in total. The number of aromatic nitrogens is 2. The lowest BCUT2D eigenvalue weighted by atomic mass is 10.2. The summed E-state index contributed by atoms with van der Waals surface area (Å²) in [4.78, 5) is 11.7. The molecule has 9 heteroatoms. The fraction of sp³-hybridized carbons (Fsp3) is 0.231. The van der Waals surface area contributed by atoms with E-state index in [-0.39, 0.29) is 18.7 Å². The van der Waals surface area contributed by atoms with Crippen molar-refractivity contribution in [3.63, 3.8) is 0 Å². The Morgan fingerprint density at radius 2 is 2.05 bits per heavy atom. The molecule has 1 aromatic heterocycles. The van der Waals surface area contributed by atoms with E-state index in [4.69, 9.17) is 0 Å². The number of nitrogens with zero attached hydrogens (tertiary/aromatic N) is 2. The maximum absolute atomic E-state index is 13.5. The summed E-state index contributed by atoms with van der Waals surface area (Å²) in [5, 5.41) is 5.68. The Labute approximate surface area is 131 Å². The SMILES string of the molecule is O=C(Cn1ccc(C(F)(F)F)n1)NCc1cc(Br)ccc1F. The Bertz CT molecular complexity index is 684. The van der Waals surface area contributed by atoms with Crippen LogP contribution in [-0.2, 0) is 24.1 Å². The maximum atomic E-state index is 13.5. The highest BCUT2D eigenvalue weighted by atomic mass is 79.9. The van der Waals surface area contributed by atoms with Crippen LogP contribution in [0, 0.1) is 5.82 Å². The van der Waals surface area contributed by atoms with Gasteiger partial charge in [0.2, 0.25) is 5.91 Å². The summed E-state index contributed by atoms with van der Waals surface area (Å²) in [5.74, 6) is -1.06. The Morgan fingerprint density at radius 1 is 1.32 bits per heavy atom. The first-order valence-corrected chi connectivity index (χ1v) is 6.86. The average Bonchev–Trinajstić information content (AvgIpc) is 2.88. The Kier molecular flexibility index (Phi) is 4.84. The van der Waals surface area contributed by atoms with Crippen LogP contribution in [0.15, 0.2) is 34.9 Å². The standard InChI is InChI=1S/C13H10BrF4N3O/c14-9-1-2-10(15)8(5-9)6-19-12(22)7-21-4-3-11(20-21)13(16,17)18/h1-5H,6-7H2,(H,19,22). The lowest BCUT2D eigenvalue weighted by molar-refractivity contribution is -0.141. The van der Waals surface area contributed by atoms with E-state index in [1.54, 1.807) is 0 Å². The molecule has 0 aliphatic rings. The quantitative estimate of drug-likeness (QED) is 0.829. The molecule has 0 bridgehead atoms. The van der Waals surface area contributed by atoms with Crippen molar-refractivity contribution in [1.82, 2.24) is 15.1 Å². The van der Waals surface area contributed by atoms with Crippen LogP contribution in [0.1, 0.15) is 11.3 Å². The largest absolute Gasteiger partial charge is 0.435 e. The van der Waals surface area contributed by atoms with Crippen molar-refractivity contribution in [2.45, 2.75) is 19.3 Å². The normalized spacial score (nSPS) is 11.5. The molecule has 0 aliphatic carbocycles. The van der Waals surface area contributed by atoms with Gasteiger partial charge in [-0.25, -0.2) is 4.39 Å². The second-order valence-electron chi connectivity index (χ2n) is 4.41. The second-order valence-corrected chi connectivity index (χ2v) is 5.32. The van der Waals surface area contributed by atoms with Crippen molar-refractivity contribution in [2.75, 3.05) is 0 Å². The molecule has 0 aliphatic heterocycles. The molecule has 0 atom stereocenters. The molecule has 2 rings (SSSR count). The van der Waals surface area contributed by atoms with Gasteiger partial charge < -0.3 is 5.32 Å². The van der Waals surface area contributed by atoms with E-state index in [2.05, 4.69) is 26.3 Å². The number of alkyl halides is 3. The molecule has 4 nitrogen and oxygen atoms in total. The molecule has 0 radical (unpaired) electrons. The van der Waals surface area contributed by atoms with Crippen LogP contribution in [0.3, 0.4) is 0 Å². The van der Waals surface area contributed by atoms with E-state index in [0.717, 1.165) is 16.9 Å². The van der Waals surface area contributed by atoms with Crippen LogP contribution >= 0.6 is 15.9 Å². The zero-order valence-electron chi connectivity index (χ0n) is 11.0. The van der Waals surface area contributed by atoms with Gasteiger partial charge in [-0.1, -0.05) is 15.9 Å². The van der Waals surface area contributed by atoms with Crippen molar-refractivity contribution < 1.29 is 22.4 Å². The summed E-state index contributed by atoms with van der Waals surface area (Å²) < 4.78 is 52.1. The van der Waals surface area contributed by atoms with Crippen LogP contribution in [0.25, 0.3) is 0 Å². The Hall–Kier alpha value is -1.90. The lowest BCUT2D eigenvalue weighted by Crippen LogP contribution is -2.27. The molecule has 0 spiro atoms. The number of amides is 1. The molecule has 2 aromatic rings. The van der Waals surface area contributed by atoms with Crippen LogP contribution in [0.4, 0.5) is 17.6 Å². The van der Waals surface area contributed by atoms with Gasteiger partial charge in [0.25, 0.3) is 0 Å². The molecule has 0 unspecified atom stereocenters. The van der Waals surface area contributed by atoms with E-state index >= 15 is 0 Å². The van der Waals surface area contributed by atoms with E-state index in [1.807, 2.05) is 0 Å². The number of rotatable bonds is 4. The first kappa shape index (κ1) is 16.5. The third-order valence-corrected chi connectivity index (χ3v) is 3.21. The van der Waals surface area contributed by atoms with Gasteiger partial charge >= 0.3 is 6.18 Å². The number of hydrogen-bond acceptors (Lipinski definition) is 2. The van der Waals surface area contributed by atoms with Crippen molar-refractivity contribution >= 4 is 21.8 Å². The molecule has 1 amide bonds. The number of halogens is 5. The van der Waals surface area contributed by atoms with Crippen LogP contribution in [0.5, 0.6) is 0 Å². The number of nitrogens with one attached hydrogen (secondary N) is 1. The lowest BCUT2D eigenvalue weighted by Gasteiger charge is -2.07. The van der Waals surface area contributed by atoms with Gasteiger partial charge in [0.15, 0.2) is 5.69 Å². The van der Waals surface area contributed by atoms with Gasteiger partial charge in [-0.15, -0.1) is 0 Å². The predicted octanol–water partition coefficient (Wildman–Crippen LogP) is 3.12. The molecule has 0 saturated heterocycles. The minimum absolute atomic E-state index is 0.0719. The van der Waals surface area contributed by atoms with Crippen LogP contribution in [-0.4, -0.2) is 15.7 Å². The number of carbonyl (C=O) groups is 1. The Morgan fingerprint density at radius 3 is 2.68 bits per heavy atom. The molecule has 1 heterocycles. The third-order valence-electron chi connectivity index (χ3n) is 2.72. The first-order valence-electron chi connectivity index (χ1n) is 6.07. The number of carbonyl (C=O) groups excluding carboxylic acids is 1. The van der Waals surface area contributed by atoms with Gasteiger partial charge in [-0.3, -0.25) is 9.48 Å². The summed E-state index contributed by atoms with van der Waals surface area (Å²) in [6.07, 6.45) is -3.50. The van der Waals surface area contributed by atoms with E-state index < -0.39 is 23.6 Å². The zero-order chi connectivity index (χ0) is 16.3. The summed E-state index contributed by atoms with van der Waals surface area (Å²) in [6.45, 7) is -0.455.